The first-order valence-corrected chi connectivity index (χ1v) is 1.12. The van der Waals surface area contributed by atoms with Crippen molar-refractivity contribution in [2.24, 2.45) is 5.25 Å². The molecule has 2 nitrogen and oxygen atoms in total. The molecule has 28 valence electrons. The first-order valence-electron chi connectivity index (χ1n) is 0.373. The summed E-state index contributed by atoms with van der Waals surface area (Å²) in [6.45, 7) is 0. The van der Waals surface area contributed by atoms with E-state index in [0.29, 0.717) is 0 Å². The summed E-state index contributed by atoms with van der Waals surface area (Å²) in [5.74, 6) is 0. The maximum absolute atomic E-state index is 7.72. The van der Waals surface area contributed by atoms with Crippen LogP contribution in [0.25, 0.3) is 0 Å². The number of rotatable bonds is 0. The summed E-state index contributed by atoms with van der Waals surface area (Å²) in [7, 11) is 0. The summed E-state index contributed by atoms with van der Waals surface area (Å²) in [6, 6.07) is 0. The molecule has 0 rings (SSSR count). The Labute approximate surface area is 62.8 Å². The summed E-state index contributed by atoms with van der Waals surface area (Å²) in [5, 5.41) is 3.97. The van der Waals surface area contributed by atoms with Gasteiger partial charge in [-0.05, 0) is 11.8 Å². The van der Waals surface area contributed by atoms with Crippen LogP contribution in [0.5, 0.6) is 0 Å². The van der Waals surface area contributed by atoms with Crippen molar-refractivity contribution in [2.45, 2.75) is 0 Å². The van der Waals surface area contributed by atoms with Crippen LogP contribution in [0.15, 0.2) is 0 Å². The quantitative estimate of drug-likeness (QED) is 0.271. The Morgan fingerprint density at radius 1 is 1.20 bits per heavy atom. The molecule has 0 aliphatic rings. The fraction of sp³-hybridized carbons (Fsp3) is 0. The average Bonchev–Trinajstić information content (AvgIpc) is 1.50. The average molecular weight is 126 g/mol. The van der Waals surface area contributed by atoms with Gasteiger partial charge in [0, 0.05) is 0 Å². The van der Waals surface area contributed by atoms with Gasteiger partial charge in [-0.2, -0.15) is 0 Å². The molecule has 0 aromatic rings. The zero-order valence-electron chi connectivity index (χ0n) is 2.74. The number of hydrogen-bond acceptors (Lipinski definition) is 2. The minimum atomic E-state index is 0. The Hall–Kier alpha value is 1.50. The molecular formula is H2Cl2NNaO. The molecule has 0 saturated heterocycles. The van der Waals surface area contributed by atoms with E-state index in [1.165, 1.54) is 0 Å². The van der Waals surface area contributed by atoms with Crippen LogP contribution in [0, 0.1) is 0 Å². The molecule has 0 aliphatic carbocycles. The molecule has 0 amide bonds. The van der Waals surface area contributed by atoms with Crippen LogP contribution in [-0.4, -0.2) is 0 Å². The standard InChI is InChI=1S/ClH2N.ClO.Na/c2*1-2;/h2H2;;/q;-1;+1. The van der Waals surface area contributed by atoms with Gasteiger partial charge in [0.2, 0.25) is 0 Å². The van der Waals surface area contributed by atoms with Gasteiger partial charge in [0.1, 0.15) is 0 Å². The Morgan fingerprint density at radius 3 is 1.20 bits per heavy atom. The van der Waals surface area contributed by atoms with Crippen LogP contribution in [0.2, 0.25) is 0 Å². The SMILES string of the molecule is NCl.[Na+].[O-]Cl. The van der Waals surface area contributed by atoms with E-state index in [1.807, 2.05) is 0 Å². The van der Waals surface area contributed by atoms with E-state index in [1.54, 1.807) is 0 Å². The minimum absolute atomic E-state index is 0. The molecular weight excluding hydrogens is 124 g/mol. The van der Waals surface area contributed by atoms with Crippen molar-refractivity contribution in [2.75, 3.05) is 0 Å². The Balaban J connectivity index is -0.0000000133. The molecule has 0 saturated carbocycles. The van der Waals surface area contributed by atoms with Crippen molar-refractivity contribution in [1.29, 1.82) is 0 Å². The van der Waals surface area contributed by atoms with E-state index in [-0.39, 0.29) is 29.6 Å². The molecule has 0 atom stereocenters. The van der Waals surface area contributed by atoms with E-state index >= 15 is 0 Å². The molecule has 0 heterocycles. The van der Waals surface area contributed by atoms with Gasteiger partial charge in [-0.25, -0.2) is 17.1 Å². The Morgan fingerprint density at radius 2 is 1.20 bits per heavy atom. The zero-order chi connectivity index (χ0) is 4.00. The molecule has 0 radical (unpaired) electrons. The predicted molar refractivity (Wildman–Crippen MR) is 15.9 cm³/mol. The van der Waals surface area contributed by atoms with Gasteiger partial charge in [0.15, 0.2) is 0 Å². The molecule has 2 N–H and O–H groups in total. The van der Waals surface area contributed by atoms with Crippen LogP contribution in [0.1, 0.15) is 0 Å². The summed E-state index contributed by atoms with van der Waals surface area (Å²) < 4.78 is 7.72. The smallest absolute Gasteiger partial charge is 0.769 e. The molecule has 0 aliphatic heterocycles. The van der Waals surface area contributed by atoms with Gasteiger partial charge in [-0.15, -0.1) is 0 Å². The largest absolute Gasteiger partial charge is 1.00 e. The number of hydrogen-bond donors (Lipinski definition) is 1. The van der Waals surface area contributed by atoms with Crippen molar-refractivity contribution < 1.29 is 34.2 Å². The minimum Gasteiger partial charge on any atom is -0.769 e. The van der Waals surface area contributed by atoms with Crippen molar-refractivity contribution in [1.82, 2.24) is 0 Å². The molecule has 0 bridgehead atoms. The van der Waals surface area contributed by atoms with Gasteiger partial charge >= 0.3 is 29.6 Å². The molecule has 0 aromatic heterocycles. The molecule has 0 spiro atoms. The second-order valence-electron chi connectivity index (χ2n) is 0. The third-order valence-electron chi connectivity index (χ3n) is 0. The third kappa shape index (κ3) is 29.9. The molecule has 5 heteroatoms. The van der Waals surface area contributed by atoms with Gasteiger partial charge in [-0.1, -0.05) is 0 Å². The Kier molecular flexibility index (Phi) is 159. The van der Waals surface area contributed by atoms with Crippen molar-refractivity contribution in [3.8, 4) is 0 Å². The summed E-state index contributed by atoms with van der Waals surface area (Å²) in [5.41, 5.74) is 0. The number of halogens is 2. The maximum Gasteiger partial charge on any atom is 1.00 e. The first-order chi connectivity index (χ1) is 2.00. The first kappa shape index (κ1) is 16.1. The second kappa shape index (κ2) is 49.5. The topological polar surface area (TPSA) is 49.1 Å². The van der Waals surface area contributed by atoms with Gasteiger partial charge in [0.05, 0.1) is 0 Å². The van der Waals surface area contributed by atoms with Crippen LogP contribution in [-0.2, 0) is 0 Å². The Bertz CT molecular complexity index is 9.61. The molecule has 0 aromatic carbocycles. The second-order valence-corrected chi connectivity index (χ2v) is 0. The van der Waals surface area contributed by atoms with Gasteiger partial charge < -0.3 is 4.66 Å². The van der Waals surface area contributed by atoms with Gasteiger partial charge in [-0.3, -0.25) is 0 Å². The van der Waals surface area contributed by atoms with E-state index in [0.717, 1.165) is 0 Å². The predicted octanol–water partition coefficient (Wildman–Crippen LogP) is -3.40. The van der Waals surface area contributed by atoms with Gasteiger partial charge in [0.25, 0.3) is 0 Å². The van der Waals surface area contributed by atoms with Crippen molar-refractivity contribution in [3.63, 3.8) is 0 Å². The third-order valence-corrected chi connectivity index (χ3v) is 0. The maximum atomic E-state index is 7.72. The fourth-order valence-electron chi connectivity index (χ4n) is 0. The van der Waals surface area contributed by atoms with E-state index in [9.17, 15) is 0 Å². The van der Waals surface area contributed by atoms with Crippen molar-refractivity contribution >= 4 is 23.6 Å². The number of nitrogens with two attached hydrogens (primary N) is 1. The fourth-order valence-corrected chi connectivity index (χ4v) is 0. The molecule has 5 heavy (non-hydrogen) atoms. The zero-order valence-corrected chi connectivity index (χ0v) is 6.25. The summed E-state index contributed by atoms with van der Waals surface area (Å²) >= 11 is 7.53. The van der Waals surface area contributed by atoms with Crippen molar-refractivity contribution in [3.05, 3.63) is 0 Å². The van der Waals surface area contributed by atoms with Crippen LogP contribution in [0.3, 0.4) is 0 Å². The van der Waals surface area contributed by atoms with E-state index < -0.39 is 0 Å². The summed E-state index contributed by atoms with van der Waals surface area (Å²) in [4.78, 5) is 0. The monoisotopic (exact) mass is 125 g/mol. The summed E-state index contributed by atoms with van der Waals surface area (Å²) in [6.07, 6.45) is 0. The molecule has 0 unspecified atom stereocenters. The van der Waals surface area contributed by atoms with Crippen LogP contribution < -0.4 is 39.5 Å². The normalized spacial score (nSPS) is 2.40. The van der Waals surface area contributed by atoms with E-state index in [2.05, 4.69) is 28.9 Å². The molecule has 0 fully saturated rings. The van der Waals surface area contributed by atoms with E-state index in [4.69, 9.17) is 4.66 Å². The van der Waals surface area contributed by atoms with Crippen LogP contribution in [0.4, 0.5) is 0 Å². The van der Waals surface area contributed by atoms with Crippen LogP contribution >= 0.6 is 23.6 Å².